The fourth-order valence-corrected chi connectivity index (χ4v) is 3.56. The van der Waals surface area contributed by atoms with Crippen molar-refractivity contribution < 1.29 is 13.2 Å². The molecule has 3 rings (SSSR count). The van der Waals surface area contributed by atoms with Gasteiger partial charge in [0.1, 0.15) is 6.04 Å². The number of pyridine rings is 1. The summed E-state index contributed by atoms with van der Waals surface area (Å²) >= 11 is 0. The largest absolute Gasteiger partial charge is 0.409 e. The maximum atomic E-state index is 13.0. The normalized spacial score (nSPS) is 20.2. The van der Waals surface area contributed by atoms with Crippen LogP contribution in [0.2, 0.25) is 0 Å². The quantitative estimate of drug-likeness (QED) is 0.868. The van der Waals surface area contributed by atoms with E-state index in [2.05, 4.69) is 41.6 Å². The first-order chi connectivity index (χ1) is 11.7. The Morgan fingerprint density at radius 2 is 1.88 bits per heavy atom. The maximum absolute atomic E-state index is 13.0. The summed E-state index contributed by atoms with van der Waals surface area (Å²) in [6.45, 7) is 4.36. The third-order valence-corrected chi connectivity index (χ3v) is 5.05. The lowest BCUT2D eigenvalue weighted by molar-refractivity contribution is -0.157. The van der Waals surface area contributed by atoms with E-state index in [1.54, 1.807) is 6.07 Å². The number of fused-ring (bicyclic) bond motifs is 1. The van der Waals surface area contributed by atoms with Gasteiger partial charge in [-0.3, -0.25) is 4.98 Å². The SMILES string of the molecule is CN[C@@H](c1ccc(NC2Cc3ccccc3C2(C)C)cn1)C(F)(F)F. The summed E-state index contributed by atoms with van der Waals surface area (Å²) in [7, 11) is 1.28. The van der Waals surface area contributed by atoms with Crippen LogP contribution in [0.15, 0.2) is 42.6 Å². The molecule has 1 aromatic heterocycles. The molecule has 0 aliphatic heterocycles. The molecule has 0 fully saturated rings. The van der Waals surface area contributed by atoms with Gasteiger partial charge in [0.2, 0.25) is 0 Å². The van der Waals surface area contributed by atoms with Gasteiger partial charge in [-0.05, 0) is 36.7 Å². The summed E-state index contributed by atoms with van der Waals surface area (Å²) in [4.78, 5) is 4.01. The second kappa shape index (κ2) is 6.33. The number of nitrogens with one attached hydrogen (secondary N) is 2. The van der Waals surface area contributed by atoms with Crippen molar-refractivity contribution >= 4 is 5.69 Å². The molecule has 1 aliphatic carbocycles. The highest BCUT2D eigenvalue weighted by Gasteiger charge is 2.41. The van der Waals surface area contributed by atoms with Crippen LogP contribution in [-0.4, -0.2) is 24.2 Å². The van der Waals surface area contributed by atoms with Gasteiger partial charge in [-0.25, -0.2) is 0 Å². The van der Waals surface area contributed by atoms with Gasteiger partial charge in [0.25, 0.3) is 0 Å². The smallest absolute Gasteiger partial charge is 0.380 e. The van der Waals surface area contributed by atoms with E-state index in [0.717, 1.165) is 12.1 Å². The molecule has 1 aliphatic rings. The number of aromatic nitrogens is 1. The number of benzene rings is 1. The van der Waals surface area contributed by atoms with Crippen molar-refractivity contribution in [3.8, 4) is 0 Å². The van der Waals surface area contributed by atoms with E-state index < -0.39 is 12.2 Å². The molecular formula is C19H22F3N3. The molecule has 0 amide bonds. The van der Waals surface area contributed by atoms with Crippen molar-refractivity contribution in [3.05, 3.63) is 59.4 Å². The molecular weight excluding hydrogens is 327 g/mol. The van der Waals surface area contributed by atoms with Crippen molar-refractivity contribution in [1.29, 1.82) is 0 Å². The lowest BCUT2D eigenvalue weighted by atomic mass is 9.83. The molecule has 1 heterocycles. The lowest BCUT2D eigenvalue weighted by Crippen LogP contribution is -2.36. The van der Waals surface area contributed by atoms with Crippen LogP contribution in [-0.2, 0) is 11.8 Å². The highest BCUT2D eigenvalue weighted by Crippen LogP contribution is 2.40. The zero-order valence-corrected chi connectivity index (χ0v) is 14.5. The van der Waals surface area contributed by atoms with Gasteiger partial charge in [0.15, 0.2) is 0 Å². The molecule has 2 N–H and O–H groups in total. The minimum atomic E-state index is -4.37. The van der Waals surface area contributed by atoms with Crippen molar-refractivity contribution in [3.63, 3.8) is 0 Å². The van der Waals surface area contributed by atoms with Crippen LogP contribution in [0.1, 0.15) is 36.7 Å². The highest BCUT2D eigenvalue weighted by atomic mass is 19.4. The molecule has 6 heteroatoms. The summed E-state index contributed by atoms with van der Waals surface area (Å²) in [5.74, 6) is 0. The molecule has 1 aromatic carbocycles. The van der Waals surface area contributed by atoms with Crippen molar-refractivity contribution in [2.75, 3.05) is 12.4 Å². The Morgan fingerprint density at radius 3 is 2.44 bits per heavy atom. The minimum Gasteiger partial charge on any atom is -0.380 e. The molecule has 0 bridgehead atoms. The average molecular weight is 349 g/mol. The summed E-state index contributed by atoms with van der Waals surface area (Å²) in [5, 5.41) is 5.70. The average Bonchev–Trinajstić information content (AvgIpc) is 2.80. The van der Waals surface area contributed by atoms with Crippen LogP contribution < -0.4 is 10.6 Å². The Balaban J connectivity index is 1.77. The minimum absolute atomic E-state index is 0.0329. The molecule has 0 radical (unpaired) electrons. The second-order valence-electron chi connectivity index (χ2n) is 7.01. The molecule has 3 nitrogen and oxygen atoms in total. The Kier molecular flexibility index (Phi) is 4.49. The van der Waals surface area contributed by atoms with Gasteiger partial charge in [-0.1, -0.05) is 38.1 Å². The van der Waals surface area contributed by atoms with Crippen LogP contribution in [0.25, 0.3) is 0 Å². The summed E-state index contributed by atoms with van der Waals surface area (Å²) in [5.41, 5.74) is 3.25. The fourth-order valence-electron chi connectivity index (χ4n) is 3.56. The standard InChI is InChI=1S/C19H22F3N3/c1-18(2)14-7-5-4-6-12(14)10-16(18)25-13-8-9-15(24-11-13)17(23-3)19(20,21)22/h4-9,11,16-17,23,25H,10H2,1-3H3/t16?,17-/m0/s1. The second-order valence-corrected chi connectivity index (χ2v) is 7.01. The Labute approximate surface area is 145 Å². The number of alkyl halides is 3. The summed E-state index contributed by atoms with van der Waals surface area (Å²) in [6.07, 6.45) is -2.01. The van der Waals surface area contributed by atoms with Gasteiger partial charge >= 0.3 is 6.18 Å². The number of hydrogen-bond donors (Lipinski definition) is 2. The molecule has 2 aromatic rings. The summed E-state index contributed by atoms with van der Waals surface area (Å²) in [6, 6.07) is 9.83. The first-order valence-corrected chi connectivity index (χ1v) is 8.28. The lowest BCUT2D eigenvalue weighted by Gasteiger charge is -2.30. The van der Waals surface area contributed by atoms with Gasteiger partial charge in [-0.15, -0.1) is 0 Å². The topological polar surface area (TPSA) is 37.0 Å². The Morgan fingerprint density at radius 1 is 1.16 bits per heavy atom. The van der Waals surface area contributed by atoms with Crippen LogP contribution in [0, 0.1) is 0 Å². The van der Waals surface area contributed by atoms with Crippen molar-refractivity contribution in [2.24, 2.45) is 0 Å². The van der Waals surface area contributed by atoms with Crippen LogP contribution in [0.3, 0.4) is 0 Å². The van der Waals surface area contributed by atoms with E-state index in [1.807, 2.05) is 12.1 Å². The maximum Gasteiger partial charge on any atom is 0.409 e. The zero-order valence-electron chi connectivity index (χ0n) is 14.5. The molecule has 0 saturated heterocycles. The third kappa shape index (κ3) is 3.35. The molecule has 1 unspecified atom stereocenters. The third-order valence-electron chi connectivity index (χ3n) is 5.05. The van der Waals surface area contributed by atoms with Crippen molar-refractivity contribution in [2.45, 2.75) is 43.9 Å². The van der Waals surface area contributed by atoms with E-state index in [0.29, 0.717) is 0 Å². The first-order valence-electron chi connectivity index (χ1n) is 8.28. The van der Waals surface area contributed by atoms with E-state index in [4.69, 9.17) is 0 Å². The van der Waals surface area contributed by atoms with Gasteiger partial charge < -0.3 is 10.6 Å². The predicted octanol–water partition coefficient (Wildman–Crippen LogP) is 4.22. The monoisotopic (exact) mass is 349 g/mol. The Hall–Kier alpha value is -2.08. The predicted molar refractivity (Wildman–Crippen MR) is 92.7 cm³/mol. The number of nitrogens with zero attached hydrogens (tertiary/aromatic N) is 1. The zero-order chi connectivity index (χ0) is 18.2. The fraction of sp³-hybridized carbons (Fsp3) is 0.421. The van der Waals surface area contributed by atoms with Crippen molar-refractivity contribution in [1.82, 2.24) is 10.3 Å². The van der Waals surface area contributed by atoms with Crippen LogP contribution in [0.4, 0.5) is 18.9 Å². The van der Waals surface area contributed by atoms with E-state index in [9.17, 15) is 13.2 Å². The molecule has 2 atom stereocenters. The molecule has 0 saturated carbocycles. The highest BCUT2D eigenvalue weighted by molar-refractivity contribution is 5.49. The number of halogens is 3. The molecule has 134 valence electrons. The van der Waals surface area contributed by atoms with Crippen LogP contribution in [0.5, 0.6) is 0 Å². The van der Waals surface area contributed by atoms with E-state index in [-0.39, 0.29) is 17.2 Å². The molecule has 0 spiro atoms. The number of hydrogen-bond acceptors (Lipinski definition) is 3. The summed E-state index contributed by atoms with van der Waals surface area (Å²) < 4.78 is 38.9. The van der Waals surface area contributed by atoms with E-state index in [1.165, 1.54) is 30.4 Å². The Bertz CT molecular complexity index is 738. The van der Waals surface area contributed by atoms with E-state index >= 15 is 0 Å². The van der Waals surface area contributed by atoms with Gasteiger partial charge in [0.05, 0.1) is 17.6 Å². The van der Waals surface area contributed by atoms with Gasteiger partial charge in [0, 0.05) is 11.5 Å². The van der Waals surface area contributed by atoms with Crippen LogP contribution >= 0.6 is 0 Å². The first kappa shape index (κ1) is 17.7. The number of anilines is 1. The number of rotatable bonds is 4. The van der Waals surface area contributed by atoms with Gasteiger partial charge in [-0.2, -0.15) is 13.2 Å². The molecule has 25 heavy (non-hydrogen) atoms.